The van der Waals surface area contributed by atoms with Gasteiger partial charge in [-0.3, -0.25) is 15.4 Å². The maximum atomic E-state index is 10.7. The van der Waals surface area contributed by atoms with Gasteiger partial charge < -0.3 is 0 Å². The fourth-order valence-corrected chi connectivity index (χ4v) is 2.43. The molecule has 1 N–H and O–H groups in total. The number of rotatable bonds is 4. The molecule has 0 aromatic carbocycles. The van der Waals surface area contributed by atoms with E-state index < -0.39 is 5.91 Å². The largest absolute Gasteiger partial charge is 0.297 e. The molecule has 1 radical (unpaired) electrons. The molecule has 1 amide bonds. The van der Waals surface area contributed by atoms with Gasteiger partial charge in [-0.2, -0.15) is 0 Å². The van der Waals surface area contributed by atoms with Crippen molar-refractivity contribution in [3.8, 4) is 0 Å². The van der Waals surface area contributed by atoms with Gasteiger partial charge in [-0.1, -0.05) is 13.3 Å². The van der Waals surface area contributed by atoms with Crippen molar-refractivity contribution >= 4 is 5.91 Å². The zero-order chi connectivity index (χ0) is 10.6. The highest BCUT2D eigenvalue weighted by Crippen LogP contribution is 2.22. The second-order valence-electron chi connectivity index (χ2n) is 4.27. The lowest BCUT2D eigenvalue weighted by Crippen LogP contribution is -2.45. The van der Waals surface area contributed by atoms with Crippen molar-refractivity contribution in [3.05, 3.63) is 0 Å². The minimum Gasteiger partial charge on any atom is -0.297 e. The molecule has 0 aromatic rings. The number of hydrogen-bond donors (Lipinski definition) is 0. The lowest BCUT2D eigenvalue weighted by molar-refractivity contribution is -0.120. The number of amides is 1. The van der Waals surface area contributed by atoms with E-state index in [0.717, 1.165) is 13.0 Å². The minimum atomic E-state index is -0.432. The third-order valence-electron chi connectivity index (χ3n) is 3.19. The number of nitrogens with one attached hydrogen (secondary N) is 1. The highest BCUT2D eigenvalue weighted by molar-refractivity contribution is 5.73. The van der Waals surface area contributed by atoms with Crippen LogP contribution in [-0.4, -0.2) is 29.4 Å². The van der Waals surface area contributed by atoms with Crippen molar-refractivity contribution in [1.82, 2.24) is 10.6 Å². The molecule has 1 aliphatic heterocycles. The van der Waals surface area contributed by atoms with Crippen LogP contribution in [0.2, 0.25) is 0 Å². The molecule has 0 saturated carbocycles. The molecule has 1 heterocycles. The van der Waals surface area contributed by atoms with Gasteiger partial charge in [-0.25, -0.2) is 0 Å². The molecule has 1 aliphatic rings. The van der Waals surface area contributed by atoms with Gasteiger partial charge in [0.2, 0.25) is 5.91 Å². The van der Waals surface area contributed by atoms with Crippen LogP contribution in [0.1, 0.15) is 46.0 Å². The van der Waals surface area contributed by atoms with Crippen LogP contribution >= 0.6 is 0 Å². The molecule has 3 nitrogen and oxygen atoms in total. The van der Waals surface area contributed by atoms with Gasteiger partial charge in [0, 0.05) is 18.5 Å². The molecule has 0 spiro atoms. The maximum absolute atomic E-state index is 10.7. The number of piperidine rings is 1. The predicted octanol–water partition coefficient (Wildman–Crippen LogP) is 1.84. The van der Waals surface area contributed by atoms with Crippen LogP contribution in [0.4, 0.5) is 0 Å². The van der Waals surface area contributed by atoms with Crippen LogP contribution in [0.3, 0.4) is 0 Å². The van der Waals surface area contributed by atoms with Crippen molar-refractivity contribution < 1.29 is 4.79 Å². The second kappa shape index (κ2) is 5.35. The quantitative estimate of drug-likeness (QED) is 0.690. The number of nitrogens with zero attached hydrogens (tertiary/aromatic N) is 1. The van der Waals surface area contributed by atoms with E-state index in [4.69, 9.17) is 5.73 Å². The Hall–Kier alpha value is -0.570. The number of likely N-dealkylation sites (tertiary alicyclic amines) is 1. The normalized spacial score (nSPS) is 26.0. The molecule has 81 valence electrons. The van der Waals surface area contributed by atoms with Gasteiger partial charge in [0.25, 0.3) is 0 Å². The van der Waals surface area contributed by atoms with E-state index in [9.17, 15) is 4.79 Å². The standard InChI is InChI=1S/C11H21N2O/c1-3-10-6-4-5-7-13(10)9(2)8-11(12)14/h9-10,12H,3-8H2,1-2H3. The lowest BCUT2D eigenvalue weighted by Gasteiger charge is -2.39. The predicted molar refractivity (Wildman–Crippen MR) is 56.8 cm³/mol. The van der Waals surface area contributed by atoms with E-state index >= 15 is 0 Å². The van der Waals surface area contributed by atoms with Gasteiger partial charge in [-0.15, -0.1) is 0 Å². The van der Waals surface area contributed by atoms with Gasteiger partial charge in [0.1, 0.15) is 0 Å². The summed E-state index contributed by atoms with van der Waals surface area (Å²) in [5.74, 6) is -0.432. The average molecular weight is 197 g/mol. The monoisotopic (exact) mass is 197 g/mol. The molecule has 1 saturated heterocycles. The average Bonchev–Trinajstić information content (AvgIpc) is 2.16. The lowest BCUT2D eigenvalue weighted by atomic mass is 9.97. The summed E-state index contributed by atoms with van der Waals surface area (Å²) in [6.45, 7) is 5.38. The summed E-state index contributed by atoms with van der Waals surface area (Å²) in [6, 6.07) is 0.892. The van der Waals surface area contributed by atoms with Crippen LogP contribution in [0.5, 0.6) is 0 Å². The topological polar surface area (TPSA) is 44.1 Å². The maximum Gasteiger partial charge on any atom is 0.239 e. The molecule has 0 aromatic heterocycles. The van der Waals surface area contributed by atoms with Crippen molar-refractivity contribution in [2.75, 3.05) is 6.54 Å². The summed E-state index contributed by atoms with van der Waals surface area (Å²) < 4.78 is 0. The van der Waals surface area contributed by atoms with Gasteiger partial charge >= 0.3 is 0 Å². The second-order valence-corrected chi connectivity index (χ2v) is 4.27. The van der Waals surface area contributed by atoms with Gasteiger partial charge in [0.05, 0.1) is 0 Å². The molecule has 3 heteroatoms. The Bertz CT molecular complexity index is 194. The van der Waals surface area contributed by atoms with E-state index in [2.05, 4.69) is 18.7 Å². The number of carbonyl (C=O) groups is 1. The Labute approximate surface area is 86.6 Å². The van der Waals surface area contributed by atoms with Gasteiger partial charge in [-0.05, 0) is 32.7 Å². The molecular weight excluding hydrogens is 176 g/mol. The van der Waals surface area contributed by atoms with E-state index in [0.29, 0.717) is 12.5 Å². The van der Waals surface area contributed by atoms with Gasteiger partial charge in [0.15, 0.2) is 0 Å². The molecule has 2 atom stereocenters. The molecule has 2 unspecified atom stereocenters. The molecular formula is C11H21N2O. The molecule has 1 fully saturated rings. The summed E-state index contributed by atoms with van der Waals surface area (Å²) >= 11 is 0. The zero-order valence-electron chi connectivity index (χ0n) is 9.25. The van der Waals surface area contributed by atoms with Crippen molar-refractivity contribution in [3.63, 3.8) is 0 Å². The summed E-state index contributed by atoms with van der Waals surface area (Å²) in [6.07, 6.45) is 5.36. The Morgan fingerprint density at radius 1 is 1.57 bits per heavy atom. The third-order valence-corrected chi connectivity index (χ3v) is 3.19. The number of hydrogen-bond acceptors (Lipinski definition) is 2. The Kier molecular flexibility index (Phi) is 4.39. The van der Waals surface area contributed by atoms with Crippen molar-refractivity contribution in [2.24, 2.45) is 0 Å². The summed E-state index contributed by atoms with van der Waals surface area (Å²) in [7, 11) is 0. The van der Waals surface area contributed by atoms with Crippen LogP contribution in [0, 0.1) is 0 Å². The van der Waals surface area contributed by atoms with Crippen LogP contribution < -0.4 is 5.73 Å². The van der Waals surface area contributed by atoms with Crippen LogP contribution in [0.25, 0.3) is 0 Å². The third kappa shape index (κ3) is 2.98. The first-order valence-corrected chi connectivity index (χ1v) is 5.65. The Morgan fingerprint density at radius 2 is 2.29 bits per heavy atom. The van der Waals surface area contributed by atoms with E-state index in [1.807, 2.05) is 0 Å². The van der Waals surface area contributed by atoms with E-state index in [1.54, 1.807) is 0 Å². The first-order chi connectivity index (χ1) is 6.65. The fraction of sp³-hybridized carbons (Fsp3) is 0.909. The Morgan fingerprint density at radius 3 is 2.86 bits per heavy atom. The minimum absolute atomic E-state index is 0.255. The highest BCUT2D eigenvalue weighted by Gasteiger charge is 2.25. The molecule has 1 rings (SSSR count). The van der Waals surface area contributed by atoms with E-state index in [1.165, 1.54) is 19.3 Å². The van der Waals surface area contributed by atoms with Crippen molar-refractivity contribution in [2.45, 2.75) is 58.0 Å². The fourth-order valence-electron chi connectivity index (χ4n) is 2.43. The van der Waals surface area contributed by atoms with Crippen LogP contribution in [0.15, 0.2) is 0 Å². The van der Waals surface area contributed by atoms with Crippen molar-refractivity contribution in [1.29, 1.82) is 0 Å². The molecule has 14 heavy (non-hydrogen) atoms. The SMILES string of the molecule is CCC1CCCCN1C(C)CC([NH])=O. The smallest absolute Gasteiger partial charge is 0.239 e. The summed E-state index contributed by atoms with van der Waals surface area (Å²) in [4.78, 5) is 13.1. The molecule has 0 aliphatic carbocycles. The first kappa shape index (κ1) is 11.5. The Balaban J connectivity index is 2.49. The highest BCUT2D eigenvalue weighted by atomic mass is 16.1. The van der Waals surface area contributed by atoms with Crippen LogP contribution in [-0.2, 0) is 4.79 Å². The summed E-state index contributed by atoms with van der Waals surface area (Å²) in [5.41, 5.74) is 6.98. The molecule has 0 bridgehead atoms. The zero-order valence-corrected chi connectivity index (χ0v) is 9.25. The summed E-state index contributed by atoms with van der Waals surface area (Å²) in [5, 5.41) is 0. The number of carbonyl (C=O) groups excluding carboxylic acids is 1. The first-order valence-electron chi connectivity index (χ1n) is 5.65. The van der Waals surface area contributed by atoms with E-state index in [-0.39, 0.29) is 6.04 Å².